The lowest BCUT2D eigenvalue weighted by molar-refractivity contribution is 1.47. The number of hydrogen-bond acceptors (Lipinski definition) is 0. The molecule has 0 heterocycles. The molecule has 130 valence electrons. The summed E-state index contributed by atoms with van der Waals surface area (Å²) in [4.78, 5) is 0. The molecule has 0 aliphatic rings. The van der Waals surface area contributed by atoms with E-state index in [9.17, 15) is 0 Å². The molecule has 0 spiro atoms. The lowest BCUT2D eigenvalue weighted by Gasteiger charge is -2.10. The van der Waals surface area contributed by atoms with Crippen molar-refractivity contribution in [3.63, 3.8) is 0 Å². The number of fused-ring (bicyclic) bond motifs is 1. The highest BCUT2D eigenvalue weighted by Crippen LogP contribution is 2.32. The second-order valence-electron chi connectivity index (χ2n) is 6.42. The summed E-state index contributed by atoms with van der Waals surface area (Å²) >= 11 is 0. The van der Waals surface area contributed by atoms with E-state index in [0.29, 0.717) is 0 Å². The maximum Gasteiger partial charge on any atom is -0.0103 e. The molecule has 26 heavy (non-hydrogen) atoms. The lowest BCUT2D eigenvalue weighted by atomic mass is 9.94. The third-order valence-corrected chi connectivity index (χ3v) is 4.72. The zero-order valence-electron chi connectivity index (χ0n) is 16.1. The van der Waals surface area contributed by atoms with Gasteiger partial charge >= 0.3 is 0 Å². The van der Waals surface area contributed by atoms with Crippen molar-refractivity contribution in [3.05, 3.63) is 96.1 Å². The molecule has 0 fully saturated rings. The van der Waals surface area contributed by atoms with Crippen LogP contribution in [0, 0.1) is 13.8 Å². The topological polar surface area (TPSA) is 0 Å². The Morgan fingerprint density at radius 3 is 1.58 bits per heavy atom. The molecule has 0 nitrogen and oxygen atoms in total. The third kappa shape index (κ3) is 3.55. The first-order valence-electron chi connectivity index (χ1n) is 9.38. The predicted octanol–water partition coefficient (Wildman–Crippen LogP) is 7.82. The van der Waals surface area contributed by atoms with Gasteiger partial charge in [-0.25, -0.2) is 0 Å². The van der Waals surface area contributed by atoms with Crippen LogP contribution in [0.1, 0.15) is 25.0 Å². The molecule has 0 unspecified atom stereocenters. The molecule has 0 saturated heterocycles. The van der Waals surface area contributed by atoms with Crippen molar-refractivity contribution in [1.29, 1.82) is 0 Å². The van der Waals surface area contributed by atoms with Crippen LogP contribution >= 0.6 is 0 Å². The minimum Gasteiger partial charge on any atom is -0.0683 e. The van der Waals surface area contributed by atoms with Crippen LogP contribution in [0.5, 0.6) is 0 Å². The van der Waals surface area contributed by atoms with Gasteiger partial charge in [0.05, 0.1) is 0 Å². The smallest absolute Gasteiger partial charge is 0.0103 e. The lowest BCUT2D eigenvalue weighted by Crippen LogP contribution is -1.85. The van der Waals surface area contributed by atoms with E-state index in [2.05, 4.69) is 98.8 Å². The Morgan fingerprint density at radius 2 is 0.962 bits per heavy atom. The molecule has 0 bridgehead atoms. The summed E-state index contributed by atoms with van der Waals surface area (Å²) in [6.07, 6.45) is 0. The SMILES string of the molecule is CC.Cc1ccc(-c2ccc(-c3ccc(C)c4ccccc34)cc2)cc1. The summed E-state index contributed by atoms with van der Waals surface area (Å²) in [6, 6.07) is 30.7. The van der Waals surface area contributed by atoms with Crippen LogP contribution in [0.3, 0.4) is 0 Å². The van der Waals surface area contributed by atoms with Gasteiger partial charge in [-0.15, -0.1) is 0 Å². The zero-order chi connectivity index (χ0) is 18.5. The van der Waals surface area contributed by atoms with Gasteiger partial charge in [0.15, 0.2) is 0 Å². The average molecular weight is 338 g/mol. The van der Waals surface area contributed by atoms with Crippen molar-refractivity contribution in [2.45, 2.75) is 27.7 Å². The maximum atomic E-state index is 2.23. The van der Waals surface area contributed by atoms with E-state index in [-0.39, 0.29) is 0 Å². The summed E-state index contributed by atoms with van der Waals surface area (Å²) in [5.74, 6) is 0. The van der Waals surface area contributed by atoms with Crippen LogP contribution in [0.25, 0.3) is 33.0 Å². The number of aryl methyl sites for hydroxylation is 2. The van der Waals surface area contributed by atoms with Gasteiger partial charge in [0, 0.05) is 0 Å². The van der Waals surface area contributed by atoms with Gasteiger partial charge < -0.3 is 0 Å². The van der Waals surface area contributed by atoms with Crippen molar-refractivity contribution in [2.75, 3.05) is 0 Å². The van der Waals surface area contributed by atoms with Crippen LogP contribution in [0.15, 0.2) is 84.9 Å². The standard InChI is InChI=1S/C24H20.C2H6/c1-17-7-10-19(11-8-17)20-12-14-21(15-13-20)23-16-9-18(2)22-5-3-4-6-24(22)23;1-2/h3-16H,1-2H3;1-2H3. The molecule has 0 saturated carbocycles. The molecule has 4 aromatic carbocycles. The van der Waals surface area contributed by atoms with E-state index in [1.165, 1.54) is 44.2 Å². The molecule has 0 radical (unpaired) electrons. The van der Waals surface area contributed by atoms with Crippen LogP contribution in [-0.2, 0) is 0 Å². The molecule has 0 N–H and O–H groups in total. The highest BCUT2D eigenvalue weighted by molar-refractivity contribution is 5.98. The van der Waals surface area contributed by atoms with E-state index in [0.717, 1.165) is 0 Å². The van der Waals surface area contributed by atoms with Gasteiger partial charge in [-0.2, -0.15) is 0 Å². The maximum absolute atomic E-state index is 2.23. The quantitative estimate of drug-likeness (QED) is 0.349. The molecule has 0 aromatic heterocycles. The molecular formula is C26H26. The van der Waals surface area contributed by atoms with Crippen LogP contribution < -0.4 is 0 Å². The monoisotopic (exact) mass is 338 g/mol. The summed E-state index contributed by atoms with van der Waals surface area (Å²) in [7, 11) is 0. The second kappa shape index (κ2) is 8.01. The summed E-state index contributed by atoms with van der Waals surface area (Å²) in [5, 5.41) is 2.65. The van der Waals surface area contributed by atoms with E-state index in [1.807, 2.05) is 13.8 Å². The minimum absolute atomic E-state index is 1.26. The number of hydrogen-bond donors (Lipinski definition) is 0. The predicted molar refractivity (Wildman–Crippen MR) is 116 cm³/mol. The highest BCUT2D eigenvalue weighted by Gasteiger charge is 2.06. The number of benzene rings is 4. The fourth-order valence-corrected chi connectivity index (χ4v) is 3.29. The summed E-state index contributed by atoms with van der Waals surface area (Å²) in [5.41, 5.74) is 7.71. The van der Waals surface area contributed by atoms with Gasteiger partial charge in [0.2, 0.25) is 0 Å². The van der Waals surface area contributed by atoms with E-state index >= 15 is 0 Å². The molecule has 0 atom stereocenters. The Labute approximate surface area is 157 Å². The van der Waals surface area contributed by atoms with E-state index in [4.69, 9.17) is 0 Å². The average Bonchev–Trinajstić information content (AvgIpc) is 2.71. The first-order chi connectivity index (χ1) is 12.7. The van der Waals surface area contributed by atoms with Crippen LogP contribution in [-0.4, -0.2) is 0 Å². The first kappa shape index (κ1) is 17.9. The Bertz CT molecular complexity index is 990. The Kier molecular flexibility index (Phi) is 5.53. The van der Waals surface area contributed by atoms with Gasteiger partial charge in [-0.3, -0.25) is 0 Å². The third-order valence-electron chi connectivity index (χ3n) is 4.72. The van der Waals surface area contributed by atoms with Crippen molar-refractivity contribution in [1.82, 2.24) is 0 Å². The van der Waals surface area contributed by atoms with Gasteiger partial charge in [-0.1, -0.05) is 104 Å². The Hall–Kier alpha value is -2.86. The molecule has 4 rings (SSSR count). The second-order valence-corrected chi connectivity index (χ2v) is 6.42. The minimum atomic E-state index is 1.26. The molecule has 0 aliphatic heterocycles. The first-order valence-corrected chi connectivity index (χ1v) is 9.38. The Morgan fingerprint density at radius 1 is 0.462 bits per heavy atom. The normalized spacial score (nSPS) is 10.3. The van der Waals surface area contributed by atoms with Crippen molar-refractivity contribution in [2.24, 2.45) is 0 Å². The summed E-state index contributed by atoms with van der Waals surface area (Å²) < 4.78 is 0. The van der Waals surface area contributed by atoms with Crippen molar-refractivity contribution in [3.8, 4) is 22.3 Å². The van der Waals surface area contributed by atoms with Gasteiger partial charge in [-0.05, 0) is 52.4 Å². The van der Waals surface area contributed by atoms with Gasteiger partial charge in [0.25, 0.3) is 0 Å². The van der Waals surface area contributed by atoms with E-state index in [1.54, 1.807) is 0 Å². The molecular weight excluding hydrogens is 312 g/mol. The summed E-state index contributed by atoms with van der Waals surface area (Å²) in [6.45, 7) is 8.29. The largest absolute Gasteiger partial charge is 0.0683 e. The fraction of sp³-hybridized carbons (Fsp3) is 0.154. The van der Waals surface area contributed by atoms with Crippen molar-refractivity contribution >= 4 is 10.8 Å². The van der Waals surface area contributed by atoms with Crippen LogP contribution in [0.2, 0.25) is 0 Å². The molecule has 0 amide bonds. The molecule has 0 heteroatoms. The van der Waals surface area contributed by atoms with E-state index < -0.39 is 0 Å². The van der Waals surface area contributed by atoms with Gasteiger partial charge in [0.1, 0.15) is 0 Å². The van der Waals surface area contributed by atoms with Crippen molar-refractivity contribution < 1.29 is 0 Å². The Balaban J connectivity index is 0.000000948. The fourth-order valence-electron chi connectivity index (χ4n) is 3.29. The van der Waals surface area contributed by atoms with Crippen LogP contribution in [0.4, 0.5) is 0 Å². The number of rotatable bonds is 2. The molecule has 4 aromatic rings. The zero-order valence-corrected chi connectivity index (χ0v) is 16.1. The molecule has 0 aliphatic carbocycles. The highest BCUT2D eigenvalue weighted by atomic mass is 14.1.